The number of alkyl halides is 1. The maximum atomic E-state index is 13.2. The predicted molar refractivity (Wildman–Crippen MR) is 71.8 cm³/mol. The van der Waals surface area contributed by atoms with Gasteiger partial charge < -0.3 is 4.74 Å². The van der Waals surface area contributed by atoms with Crippen molar-refractivity contribution < 1.29 is 9.13 Å². The van der Waals surface area contributed by atoms with E-state index in [1.807, 2.05) is 31.2 Å². The van der Waals surface area contributed by atoms with Gasteiger partial charge in [0.2, 0.25) is 0 Å². The lowest BCUT2D eigenvalue weighted by atomic mass is 10.00. The molecule has 0 fully saturated rings. The smallest absolute Gasteiger partial charge is 0.123 e. The molecule has 1 unspecified atom stereocenters. The van der Waals surface area contributed by atoms with E-state index in [1.54, 1.807) is 13.2 Å². The zero-order valence-electron chi connectivity index (χ0n) is 10.3. The van der Waals surface area contributed by atoms with Crippen molar-refractivity contribution in [2.24, 2.45) is 0 Å². The molecule has 0 aromatic heterocycles. The Morgan fingerprint density at radius 1 is 1.17 bits per heavy atom. The molecule has 2 aromatic carbocycles. The van der Waals surface area contributed by atoms with Crippen LogP contribution in [0.2, 0.25) is 0 Å². The van der Waals surface area contributed by atoms with Crippen LogP contribution in [0, 0.1) is 12.7 Å². The summed E-state index contributed by atoms with van der Waals surface area (Å²) >= 11 is 6.40. The van der Waals surface area contributed by atoms with Gasteiger partial charge in [-0.15, -0.1) is 11.6 Å². The quantitative estimate of drug-likeness (QED) is 0.743. The molecule has 0 bridgehead atoms. The molecule has 2 aromatic rings. The second-order valence-corrected chi connectivity index (χ2v) is 4.58. The van der Waals surface area contributed by atoms with Crippen molar-refractivity contribution in [3.8, 4) is 5.75 Å². The van der Waals surface area contributed by atoms with E-state index in [0.29, 0.717) is 0 Å². The van der Waals surface area contributed by atoms with Crippen molar-refractivity contribution in [2.75, 3.05) is 7.11 Å². The monoisotopic (exact) mass is 264 g/mol. The molecule has 1 nitrogen and oxygen atoms in total. The summed E-state index contributed by atoms with van der Waals surface area (Å²) in [5, 5.41) is -0.355. The summed E-state index contributed by atoms with van der Waals surface area (Å²) in [5.74, 6) is 0.517. The largest absolute Gasteiger partial charge is 0.497 e. The molecule has 3 heteroatoms. The zero-order valence-corrected chi connectivity index (χ0v) is 11.0. The van der Waals surface area contributed by atoms with Crippen LogP contribution < -0.4 is 4.74 Å². The molecule has 2 rings (SSSR count). The first-order valence-corrected chi connectivity index (χ1v) is 6.09. The Balaban J connectivity index is 2.37. The van der Waals surface area contributed by atoms with Crippen LogP contribution in [0.5, 0.6) is 5.75 Å². The summed E-state index contributed by atoms with van der Waals surface area (Å²) in [7, 11) is 1.62. The maximum Gasteiger partial charge on any atom is 0.123 e. The third kappa shape index (κ3) is 2.65. The number of hydrogen-bond acceptors (Lipinski definition) is 1. The first-order chi connectivity index (χ1) is 8.61. The number of benzene rings is 2. The lowest BCUT2D eigenvalue weighted by Gasteiger charge is -2.14. The van der Waals surface area contributed by atoms with Gasteiger partial charge in [0.15, 0.2) is 0 Å². The molecule has 1 atom stereocenters. The molecule has 18 heavy (non-hydrogen) atoms. The van der Waals surface area contributed by atoms with E-state index < -0.39 is 0 Å². The number of aryl methyl sites for hydroxylation is 1. The van der Waals surface area contributed by atoms with Gasteiger partial charge in [-0.2, -0.15) is 0 Å². The van der Waals surface area contributed by atoms with E-state index in [-0.39, 0.29) is 11.2 Å². The molecule has 0 N–H and O–H groups in total. The van der Waals surface area contributed by atoms with Crippen LogP contribution in [0.15, 0.2) is 42.5 Å². The van der Waals surface area contributed by atoms with Gasteiger partial charge in [0.1, 0.15) is 11.6 Å². The van der Waals surface area contributed by atoms with Crippen molar-refractivity contribution in [3.63, 3.8) is 0 Å². The first-order valence-electron chi connectivity index (χ1n) is 5.66. The second-order valence-electron chi connectivity index (χ2n) is 4.14. The van der Waals surface area contributed by atoms with Gasteiger partial charge >= 0.3 is 0 Å². The second kappa shape index (κ2) is 5.40. The molecule has 0 heterocycles. The molecule has 0 aliphatic rings. The average Bonchev–Trinajstić information content (AvgIpc) is 2.37. The van der Waals surface area contributed by atoms with E-state index in [2.05, 4.69) is 0 Å². The SMILES string of the molecule is COc1ccc(C(Cl)c2cccc(F)c2)c(C)c1. The Bertz CT molecular complexity index is 554. The molecule has 0 aliphatic heterocycles. The fraction of sp³-hybridized carbons (Fsp3) is 0.200. The molecule has 0 aliphatic carbocycles. The minimum absolute atomic E-state index is 0.274. The normalized spacial score (nSPS) is 12.2. The highest BCUT2D eigenvalue weighted by molar-refractivity contribution is 6.22. The fourth-order valence-electron chi connectivity index (χ4n) is 1.90. The van der Waals surface area contributed by atoms with Crippen molar-refractivity contribution in [1.82, 2.24) is 0 Å². The van der Waals surface area contributed by atoms with Crippen LogP contribution in [0.1, 0.15) is 22.1 Å². The van der Waals surface area contributed by atoms with E-state index in [9.17, 15) is 4.39 Å². The van der Waals surface area contributed by atoms with Gasteiger partial charge in [0, 0.05) is 0 Å². The van der Waals surface area contributed by atoms with Gasteiger partial charge in [0.05, 0.1) is 12.5 Å². The molecule has 0 amide bonds. The molecule has 94 valence electrons. The summed E-state index contributed by atoms with van der Waals surface area (Å²) in [6, 6.07) is 12.1. The van der Waals surface area contributed by atoms with E-state index in [0.717, 1.165) is 22.4 Å². The summed E-state index contributed by atoms with van der Waals surface area (Å²) in [6.07, 6.45) is 0. The number of hydrogen-bond donors (Lipinski definition) is 0. The van der Waals surface area contributed by atoms with E-state index in [1.165, 1.54) is 12.1 Å². The third-order valence-corrected chi connectivity index (χ3v) is 3.38. The van der Waals surface area contributed by atoms with E-state index >= 15 is 0 Å². The predicted octanol–water partition coefficient (Wildman–Crippen LogP) is 4.47. The highest BCUT2D eigenvalue weighted by Crippen LogP contribution is 2.32. The number of rotatable bonds is 3. The highest BCUT2D eigenvalue weighted by Gasteiger charge is 2.14. The highest BCUT2D eigenvalue weighted by atomic mass is 35.5. The molecule has 0 spiro atoms. The third-order valence-electron chi connectivity index (χ3n) is 2.89. The van der Waals surface area contributed by atoms with Crippen molar-refractivity contribution >= 4 is 11.6 Å². The molecule has 0 radical (unpaired) electrons. The molecule has 0 saturated heterocycles. The van der Waals surface area contributed by atoms with Crippen LogP contribution in [-0.4, -0.2) is 7.11 Å². The summed E-state index contributed by atoms with van der Waals surface area (Å²) in [6.45, 7) is 1.96. The Labute approximate surface area is 111 Å². The minimum atomic E-state index is -0.355. The summed E-state index contributed by atoms with van der Waals surface area (Å²) < 4.78 is 18.3. The number of ether oxygens (including phenoxy) is 1. The molecular weight excluding hydrogens is 251 g/mol. The number of methoxy groups -OCH3 is 1. The van der Waals surface area contributed by atoms with Crippen LogP contribution in [0.25, 0.3) is 0 Å². The standard InChI is InChI=1S/C15H14ClFO/c1-10-8-13(18-2)6-7-14(10)15(16)11-4-3-5-12(17)9-11/h3-9,15H,1-2H3. The van der Waals surface area contributed by atoms with Gasteiger partial charge in [-0.1, -0.05) is 18.2 Å². The zero-order chi connectivity index (χ0) is 13.1. The maximum absolute atomic E-state index is 13.2. The average molecular weight is 265 g/mol. The van der Waals surface area contributed by atoms with Gasteiger partial charge in [0.25, 0.3) is 0 Å². The number of halogens is 2. The summed E-state index contributed by atoms with van der Waals surface area (Å²) in [5.41, 5.74) is 2.74. The Kier molecular flexibility index (Phi) is 3.87. The van der Waals surface area contributed by atoms with Gasteiger partial charge in [-0.3, -0.25) is 0 Å². The van der Waals surface area contributed by atoms with E-state index in [4.69, 9.17) is 16.3 Å². The Morgan fingerprint density at radius 2 is 1.94 bits per heavy atom. The topological polar surface area (TPSA) is 9.23 Å². The minimum Gasteiger partial charge on any atom is -0.497 e. The first kappa shape index (κ1) is 12.9. The van der Waals surface area contributed by atoms with Crippen LogP contribution in [0.3, 0.4) is 0 Å². The lowest BCUT2D eigenvalue weighted by molar-refractivity contribution is 0.414. The van der Waals surface area contributed by atoms with Crippen molar-refractivity contribution in [2.45, 2.75) is 12.3 Å². The van der Waals surface area contributed by atoms with Crippen LogP contribution in [-0.2, 0) is 0 Å². The lowest BCUT2D eigenvalue weighted by Crippen LogP contribution is -1.97. The van der Waals surface area contributed by atoms with Crippen LogP contribution >= 0.6 is 11.6 Å². The molecular formula is C15H14ClFO. The summed E-state index contributed by atoms with van der Waals surface area (Å²) in [4.78, 5) is 0. The van der Waals surface area contributed by atoms with Gasteiger partial charge in [-0.25, -0.2) is 4.39 Å². The Morgan fingerprint density at radius 3 is 2.56 bits per heavy atom. The van der Waals surface area contributed by atoms with Crippen LogP contribution in [0.4, 0.5) is 4.39 Å². The molecule has 0 saturated carbocycles. The Hall–Kier alpha value is -1.54. The fourth-order valence-corrected chi connectivity index (χ4v) is 2.28. The van der Waals surface area contributed by atoms with Gasteiger partial charge in [-0.05, 0) is 47.9 Å². The van der Waals surface area contributed by atoms with Crippen molar-refractivity contribution in [1.29, 1.82) is 0 Å². The van der Waals surface area contributed by atoms with Crippen molar-refractivity contribution in [3.05, 3.63) is 65.0 Å².